The molecule has 0 radical (unpaired) electrons. The number of rotatable bonds is 4. The molecule has 3 heterocycles. The molecule has 0 unspecified atom stereocenters. The number of benzene rings is 1. The second kappa shape index (κ2) is 8.70. The van der Waals surface area contributed by atoms with Gasteiger partial charge in [0.1, 0.15) is 11.4 Å². The molecule has 34 heavy (non-hydrogen) atoms. The van der Waals surface area contributed by atoms with E-state index in [1.54, 1.807) is 12.0 Å². The van der Waals surface area contributed by atoms with Crippen molar-refractivity contribution in [3.05, 3.63) is 36.3 Å². The number of aromatic nitrogens is 2. The van der Waals surface area contributed by atoms with Crippen LogP contribution in [0.25, 0.3) is 11.3 Å². The number of hydrogen-bond acceptors (Lipinski definition) is 6. The topological polar surface area (TPSA) is 85.9 Å². The van der Waals surface area contributed by atoms with Crippen LogP contribution in [-0.2, 0) is 18.8 Å². The average Bonchev–Trinajstić information content (AvgIpc) is 3.43. The van der Waals surface area contributed by atoms with Crippen LogP contribution in [0.5, 0.6) is 0 Å². The highest BCUT2D eigenvalue weighted by atomic mass is 16.7. The van der Waals surface area contributed by atoms with Crippen LogP contribution in [0.15, 0.2) is 30.5 Å². The predicted octanol–water partition coefficient (Wildman–Crippen LogP) is 4.07. The molecule has 1 amide bonds. The molecule has 2 aromatic rings. The number of carbonyl (C=O) groups excluding carboxylic acids is 1. The van der Waals surface area contributed by atoms with Crippen LogP contribution < -0.4 is 5.46 Å². The van der Waals surface area contributed by atoms with Crippen molar-refractivity contribution < 1.29 is 23.6 Å². The fourth-order valence-corrected chi connectivity index (χ4v) is 4.20. The fraction of sp³-hybridized carbons (Fsp3) is 0.600. The van der Waals surface area contributed by atoms with Crippen LogP contribution in [0.4, 0.5) is 4.79 Å². The van der Waals surface area contributed by atoms with Crippen LogP contribution in [-0.4, -0.2) is 64.6 Å². The van der Waals surface area contributed by atoms with Crippen molar-refractivity contribution in [2.45, 2.75) is 83.8 Å². The van der Waals surface area contributed by atoms with Gasteiger partial charge in [-0.15, -0.1) is 0 Å². The van der Waals surface area contributed by atoms with Crippen molar-refractivity contribution in [2.24, 2.45) is 0 Å². The highest BCUT2D eigenvalue weighted by molar-refractivity contribution is 6.62. The largest absolute Gasteiger partial charge is 0.494 e. The van der Waals surface area contributed by atoms with E-state index in [1.807, 2.05) is 78.9 Å². The summed E-state index contributed by atoms with van der Waals surface area (Å²) in [6, 6.07) is 7.81. The van der Waals surface area contributed by atoms with Crippen LogP contribution in [0.2, 0.25) is 0 Å². The van der Waals surface area contributed by atoms with E-state index in [0.29, 0.717) is 13.0 Å². The summed E-state index contributed by atoms with van der Waals surface area (Å²) in [5.74, 6) is 0.718. The fourth-order valence-electron chi connectivity index (χ4n) is 4.20. The molecule has 9 heteroatoms. The van der Waals surface area contributed by atoms with E-state index in [2.05, 4.69) is 4.98 Å². The van der Waals surface area contributed by atoms with Crippen molar-refractivity contribution in [3.63, 3.8) is 0 Å². The molecule has 0 aliphatic carbocycles. The lowest BCUT2D eigenvalue weighted by Crippen LogP contribution is -2.41. The van der Waals surface area contributed by atoms with E-state index in [9.17, 15) is 4.79 Å². The maximum Gasteiger partial charge on any atom is 0.494 e. The first-order valence-corrected chi connectivity index (χ1v) is 11.8. The van der Waals surface area contributed by atoms with Gasteiger partial charge in [0.25, 0.3) is 0 Å². The number of imidazole rings is 1. The Bertz CT molecular complexity index is 1010. The van der Waals surface area contributed by atoms with Gasteiger partial charge in [-0.2, -0.15) is 0 Å². The number of hydrogen-bond donors (Lipinski definition) is 1. The number of nitrogens with zero attached hydrogens (tertiary/aromatic N) is 2. The summed E-state index contributed by atoms with van der Waals surface area (Å²) >= 11 is 0. The lowest BCUT2D eigenvalue weighted by atomic mass is 9.79. The average molecular weight is 469 g/mol. The van der Waals surface area contributed by atoms with Crippen LogP contribution in [0, 0.1) is 0 Å². The molecule has 4 rings (SSSR count). The minimum Gasteiger partial charge on any atom is -0.444 e. The minimum atomic E-state index is -0.569. The Morgan fingerprint density at radius 3 is 2.32 bits per heavy atom. The minimum absolute atomic E-state index is 0.0646. The van der Waals surface area contributed by atoms with Gasteiger partial charge in [0.15, 0.2) is 0 Å². The molecule has 2 atom stereocenters. The van der Waals surface area contributed by atoms with Crippen molar-refractivity contribution in [3.8, 4) is 11.3 Å². The van der Waals surface area contributed by atoms with Gasteiger partial charge < -0.3 is 23.8 Å². The van der Waals surface area contributed by atoms with Crippen LogP contribution in [0.3, 0.4) is 0 Å². The normalized spacial score (nSPS) is 24.0. The lowest BCUT2D eigenvalue weighted by Gasteiger charge is -2.32. The Balaban J connectivity index is 1.51. The summed E-state index contributed by atoms with van der Waals surface area (Å²) in [6.45, 7) is 14.2. The van der Waals surface area contributed by atoms with Crippen molar-refractivity contribution in [1.82, 2.24) is 14.9 Å². The molecule has 0 bridgehead atoms. The Morgan fingerprint density at radius 2 is 1.76 bits per heavy atom. The predicted molar refractivity (Wildman–Crippen MR) is 131 cm³/mol. The Morgan fingerprint density at radius 1 is 1.15 bits per heavy atom. The smallest absolute Gasteiger partial charge is 0.444 e. The van der Waals surface area contributed by atoms with Crippen molar-refractivity contribution >= 4 is 18.7 Å². The van der Waals surface area contributed by atoms with E-state index in [1.165, 1.54) is 0 Å². The zero-order valence-electron chi connectivity index (χ0n) is 21.5. The second-order valence-electron chi connectivity index (χ2n) is 11.1. The number of likely N-dealkylation sites (tertiary alicyclic amines) is 1. The van der Waals surface area contributed by atoms with E-state index < -0.39 is 12.7 Å². The van der Waals surface area contributed by atoms with Crippen molar-refractivity contribution in [2.75, 3.05) is 13.7 Å². The number of aromatic amines is 1. The van der Waals surface area contributed by atoms with Gasteiger partial charge >= 0.3 is 13.2 Å². The van der Waals surface area contributed by atoms with E-state index in [4.69, 9.17) is 23.8 Å². The van der Waals surface area contributed by atoms with Gasteiger partial charge in [0, 0.05) is 25.3 Å². The third-order valence-corrected chi connectivity index (χ3v) is 6.87. The number of amides is 1. The number of nitrogens with one attached hydrogen (secondary N) is 1. The molecule has 0 spiro atoms. The first-order valence-electron chi connectivity index (χ1n) is 11.8. The molecule has 8 nitrogen and oxygen atoms in total. The van der Waals surface area contributed by atoms with Crippen LogP contribution in [0.1, 0.15) is 66.8 Å². The molecule has 2 aliphatic heterocycles. The lowest BCUT2D eigenvalue weighted by molar-refractivity contribution is 0.00578. The third kappa shape index (κ3) is 4.87. The van der Waals surface area contributed by atoms with Gasteiger partial charge in [0.05, 0.1) is 35.6 Å². The van der Waals surface area contributed by atoms with E-state index in [0.717, 1.165) is 22.5 Å². The molecule has 2 fully saturated rings. The summed E-state index contributed by atoms with van der Waals surface area (Å²) in [6.07, 6.45) is 2.10. The maximum absolute atomic E-state index is 12.8. The number of methoxy groups -OCH3 is 1. The van der Waals surface area contributed by atoms with Gasteiger partial charge in [-0.1, -0.05) is 24.3 Å². The molecule has 0 saturated carbocycles. The SMILES string of the molecule is CO[C@H]1C[C@@H](c2nc(-c3ccc(B4OC(C)(C)C(C)(C)O4)cc3)c[nH]2)N(C(=O)OC(C)(C)C)C1. The Kier molecular flexibility index (Phi) is 6.33. The molecule has 184 valence electrons. The maximum atomic E-state index is 12.8. The first kappa shape index (κ1) is 24.8. The van der Waals surface area contributed by atoms with E-state index >= 15 is 0 Å². The summed E-state index contributed by atoms with van der Waals surface area (Å²) in [5.41, 5.74) is 1.41. The monoisotopic (exact) mass is 469 g/mol. The zero-order chi connectivity index (χ0) is 24.9. The standard InChI is InChI=1S/C25H36BN3O5/c1-23(2,3)32-22(30)29-15-18(31-8)13-20(29)21-27-14-19(28-21)16-9-11-17(12-10-16)26-33-24(4,5)25(6,7)34-26/h9-12,14,18,20H,13,15H2,1-8H3,(H,27,28)/t18-,20-/m0/s1. The second-order valence-corrected chi connectivity index (χ2v) is 11.1. The highest BCUT2D eigenvalue weighted by Crippen LogP contribution is 2.37. The quantitative estimate of drug-likeness (QED) is 0.680. The molecule has 1 aromatic carbocycles. The molecular formula is C25H36BN3O5. The summed E-state index contributed by atoms with van der Waals surface area (Å²) in [5, 5.41) is 0. The van der Waals surface area contributed by atoms with Crippen molar-refractivity contribution in [1.29, 1.82) is 0 Å². The molecule has 1 aromatic heterocycles. The molecule has 2 saturated heterocycles. The summed E-state index contributed by atoms with van der Waals surface area (Å²) in [4.78, 5) is 22.6. The number of H-pyrrole nitrogens is 1. The van der Waals surface area contributed by atoms with Gasteiger partial charge in [-0.3, -0.25) is 4.90 Å². The van der Waals surface area contributed by atoms with Gasteiger partial charge in [0.2, 0.25) is 0 Å². The van der Waals surface area contributed by atoms with Gasteiger partial charge in [-0.05, 0) is 53.9 Å². The summed E-state index contributed by atoms with van der Waals surface area (Å²) < 4.78 is 23.5. The molecular weight excluding hydrogens is 433 g/mol. The Labute approximate surface area is 202 Å². The first-order chi connectivity index (χ1) is 15.8. The zero-order valence-corrected chi connectivity index (χ0v) is 21.5. The summed E-state index contributed by atoms with van der Waals surface area (Å²) in [7, 11) is 1.26. The van der Waals surface area contributed by atoms with E-state index in [-0.39, 0.29) is 29.4 Å². The third-order valence-electron chi connectivity index (χ3n) is 6.87. The molecule has 1 N–H and O–H groups in total. The highest BCUT2D eigenvalue weighted by Gasteiger charge is 2.51. The van der Waals surface area contributed by atoms with Gasteiger partial charge in [-0.25, -0.2) is 9.78 Å². The van der Waals surface area contributed by atoms with Crippen LogP contribution >= 0.6 is 0 Å². The molecule has 2 aliphatic rings. The Hall–Kier alpha value is -2.36. The number of carbonyl (C=O) groups is 1. The number of ether oxygens (including phenoxy) is 2.